The smallest absolute Gasteiger partial charge is 0.243 e. The number of hydrogen-bond acceptors (Lipinski definition) is 7. The molecule has 1 atom stereocenters. The number of aromatic nitrogens is 1. The van der Waals surface area contributed by atoms with Gasteiger partial charge in [0.05, 0.1) is 16.7 Å². The molecule has 2 aliphatic heterocycles. The number of benzene rings is 2. The largest absolute Gasteiger partial charge is 0.494 e. The number of rotatable bonds is 5. The van der Waals surface area contributed by atoms with E-state index in [1.54, 1.807) is 35.5 Å². The molecule has 1 unspecified atom stereocenters. The number of nitrogens with zero attached hydrogens (tertiary/aromatic N) is 4. The quantitative estimate of drug-likeness (QED) is 0.495. The van der Waals surface area contributed by atoms with E-state index in [1.807, 2.05) is 12.1 Å². The fourth-order valence-corrected chi connectivity index (χ4v) is 7.62. The fourth-order valence-electron chi connectivity index (χ4n) is 4.74. The third kappa shape index (κ3) is 4.48. The van der Waals surface area contributed by atoms with E-state index in [9.17, 15) is 13.2 Å². The summed E-state index contributed by atoms with van der Waals surface area (Å²) >= 11 is 7.55. The minimum absolute atomic E-state index is 0.124. The molecule has 2 fully saturated rings. The van der Waals surface area contributed by atoms with Crippen LogP contribution in [-0.2, 0) is 14.8 Å². The maximum absolute atomic E-state index is 13.4. The van der Waals surface area contributed by atoms with Gasteiger partial charge in [-0.3, -0.25) is 4.79 Å². The van der Waals surface area contributed by atoms with E-state index in [2.05, 4.69) is 11.8 Å². The number of thiazole rings is 1. The highest BCUT2D eigenvalue weighted by Gasteiger charge is 2.41. The lowest BCUT2D eigenvalue weighted by Gasteiger charge is -2.37. The molecule has 0 N–H and O–H groups in total. The highest BCUT2D eigenvalue weighted by Crippen LogP contribution is 2.37. The van der Waals surface area contributed by atoms with Crippen LogP contribution in [0.5, 0.6) is 5.75 Å². The van der Waals surface area contributed by atoms with Crippen molar-refractivity contribution in [2.45, 2.75) is 30.7 Å². The van der Waals surface area contributed by atoms with Gasteiger partial charge in [-0.2, -0.15) is 4.31 Å². The van der Waals surface area contributed by atoms with E-state index in [1.165, 1.54) is 16.4 Å². The lowest BCUT2D eigenvalue weighted by molar-refractivity contribution is -0.134. The summed E-state index contributed by atoms with van der Waals surface area (Å²) in [6, 6.07) is 9.39. The topological polar surface area (TPSA) is 83.0 Å². The van der Waals surface area contributed by atoms with Crippen LogP contribution in [-0.4, -0.2) is 74.4 Å². The third-order valence-electron chi connectivity index (χ3n) is 6.68. The van der Waals surface area contributed by atoms with Crippen LogP contribution in [0.3, 0.4) is 0 Å². The van der Waals surface area contributed by atoms with Crippen LogP contribution < -0.4 is 9.64 Å². The Bertz CT molecular complexity index is 1350. The summed E-state index contributed by atoms with van der Waals surface area (Å²) in [5.74, 6) is 0.631. The molecule has 1 amide bonds. The summed E-state index contributed by atoms with van der Waals surface area (Å²) in [6.07, 6.45) is 1.19. The number of hydrogen-bond donors (Lipinski definition) is 0. The Morgan fingerprint density at radius 3 is 2.49 bits per heavy atom. The molecular formula is C24H27ClN4O4S2. The van der Waals surface area contributed by atoms with Gasteiger partial charge in [0.1, 0.15) is 17.3 Å². The number of carbonyl (C=O) groups is 1. The SMILES string of the molecule is COc1ccc(C)c2sc(N3CCN(C(=O)C4CCCN4S(=O)(=O)c4ccc(Cl)cc4)CC3)nc12. The summed E-state index contributed by atoms with van der Waals surface area (Å²) < 4.78 is 34.4. The zero-order chi connectivity index (χ0) is 24.7. The van der Waals surface area contributed by atoms with E-state index >= 15 is 0 Å². The lowest BCUT2D eigenvalue weighted by Crippen LogP contribution is -2.54. The normalized spacial score (nSPS) is 19.5. The Balaban J connectivity index is 1.29. The van der Waals surface area contributed by atoms with Crippen molar-refractivity contribution in [1.29, 1.82) is 0 Å². The van der Waals surface area contributed by atoms with Gasteiger partial charge in [0.2, 0.25) is 15.9 Å². The molecule has 8 nitrogen and oxygen atoms in total. The predicted octanol–water partition coefficient (Wildman–Crippen LogP) is 3.77. The van der Waals surface area contributed by atoms with E-state index in [0.717, 1.165) is 26.7 Å². The van der Waals surface area contributed by atoms with Crippen molar-refractivity contribution in [3.63, 3.8) is 0 Å². The first kappa shape index (κ1) is 24.3. The minimum atomic E-state index is -3.77. The average molecular weight is 535 g/mol. The standard InChI is InChI=1S/C24H27ClN4O4S2/c1-16-5-10-20(33-2)21-22(16)34-24(26-21)28-14-12-27(13-15-28)23(30)19-4-3-11-29(19)35(31,32)18-8-6-17(25)7-9-18/h5-10,19H,3-4,11-15H2,1-2H3. The van der Waals surface area contributed by atoms with Crippen molar-refractivity contribution in [3.8, 4) is 5.75 Å². The van der Waals surface area contributed by atoms with Gasteiger partial charge in [0.15, 0.2) is 5.13 Å². The second-order valence-electron chi connectivity index (χ2n) is 8.80. The van der Waals surface area contributed by atoms with Crippen LogP contribution in [0.4, 0.5) is 5.13 Å². The molecular weight excluding hydrogens is 508 g/mol. The highest BCUT2D eigenvalue weighted by molar-refractivity contribution is 7.89. The van der Waals surface area contributed by atoms with Crippen molar-refractivity contribution in [2.75, 3.05) is 44.7 Å². The van der Waals surface area contributed by atoms with E-state index in [-0.39, 0.29) is 10.8 Å². The Morgan fingerprint density at radius 1 is 1.09 bits per heavy atom. The molecule has 3 heterocycles. The maximum Gasteiger partial charge on any atom is 0.243 e. The van der Waals surface area contributed by atoms with Crippen molar-refractivity contribution >= 4 is 54.2 Å². The van der Waals surface area contributed by atoms with Gasteiger partial charge in [0, 0.05) is 37.7 Å². The number of carbonyl (C=O) groups excluding carboxylic acids is 1. The third-order valence-corrected chi connectivity index (χ3v) is 10.1. The molecule has 35 heavy (non-hydrogen) atoms. The van der Waals surface area contributed by atoms with Crippen molar-refractivity contribution in [3.05, 3.63) is 47.0 Å². The zero-order valence-corrected chi connectivity index (χ0v) is 22.0. The minimum Gasteiger partial charge on any atom is -0.494 e. The molecule has 3 aromatic rings. The molecule has 11 heteroatoms. The van der Waals surface area contributed by atoms with Gasteiger partial charge in [-0.1, -0.05) is 29.0 Å². The number of piperazine rings is 1. The number of aryl methyl sites for hydroxylation is 1. The van der Waals surface area contributed by atoms with E-state index < -0.39 is 16.1 Å². The van der Waals surface area contributed by atoms with Gasteiger partial charge in [-0.25, -0.2) is 13.4 Å². The molecule has 186 valence electrons. The second-order valence-corrected chi connectivity index (χ2v) is 12.1. The molecule has 0 radical (unpaired) electrons. The molecule has 0 aliphatic carbocycles. The lowest BCUT2D eigenvalue weighted by atomic mass is 10.2. The van der Waals surface area contributed by atoms with Crippen LogP contribution in [0.2, 0.25) is 5.02 Å². The number of amides is 1. The summed E-state index contributed by atoms with van der Waals surface area (Å²) in [5, 5.41) is 1.38. The number of halogens is 1. The van der Waals surface area contributed by atoms with Gasteiger partial charge in [-0.15, -0.1) is 0 Å². The number of fused-ring (bicyclic) bond motifs is 1. The zero-order valence-electron chi connectivity index (χ0n) is 19.6. The Kier molecular flexibility index (Phi) is 6.65. The molecule has 2 aromatic carbocycles. The number of anilines is 1. The Hall–Kier alpha value is -2.40. The number of sulfonamides is 1. The van der Waals surface area contributed by atoms with Crippen LogP contribution in [0.1, 0.15) is 18.4 Å². The summed E-state index contributed by atoms with van der Waals surface area (Å²) in [6.45, 7) is 4.74. The Labute approximate surface area is 214 Å². The highest BCUT2D eigenvalue weighted by atomic mass is 35.5. The van der Waals surface area contributed by atoms with Crippen LogP contribution >= 0.6 is 22.9 Å². The number of ether oxygens (including phenoxy) is 1. The first-order valence-corrected chi connectivity index (χ1v) is 14.2. The fraction of sp³-hybridized carbons (Fsp3) is 0.417. The van der Waals surface area contributed by atoms with Gasteiger partial charge in [-0.05, 0) is 55.7 Å². The van der Waals surface area contributed by atoms with Crippen molar-refractivity contribution < 1.29 is 17.9 Å². The van der Waals surface area contributed by atoms with Gasteiger partial charge >= 0.3 is 0 Å². The molecule has 5 rings (SSSR count). The summed E-state index contributed by atoms with van der Waals surface area (Å²) in [4.78, 5) is 22.4. The molecule has 0 bridgehead atoms. The van der Waals surface area contributed by atoms with E-state index in [4.69, 9.17) is 21.3 Å². The average Bonchev–Trinajstić information content (AvgIpc) is 3.53. The van der Waals surface area contributed by atoms with E-state index in [0.29, 0.717) is 50.6 Å². The van der Waals surface area contributed by atoms with Gasteiger partial charge < -0.3 is 14.5 Å². The molecule has 0 saturated carbocycles. The van der Waals surface area contributed by atoms with Crippen LogP contribution in [0.25, 0.3) is 10.2 Å². The Morgan fingerprint density at radius 2 is 1.80 bits per heavy atom. The predicted molar refractivity (Wildman–Crippen MR) is 138 cm³/mol. The van der Waals surface area contributed by atoms with Crippen LogP contribution in [0.15, 0.2) is 41.3 Å². The first-order chi connectivity index (χ1) is 16.8. The molecule has 0 spiro atoms. The maximum atomic E-state index is 13.4. The van der Waals surface area contributed by atoms with Gasteiger partial charge in [0.25, 0.3) is 0 Å². The second kappa shape index (κ2) is 9.57. The molecule has 2 aliphatic rings. The number of methoxy groups -OCH3 is 1. The summed E-state index contributed by atoms with van der Waals surface area (Å²) in [7, 11) is -2.13. The monoisotopic (exact) mass is 534 g/mol. The molecule has 2 saturated heterocycles. The molecule has 1 aromatic heterocycles. The van der Waals surface area contributed by atoms with Crippen LogP contribution in [0, 0.1) is 6.92 Å². The van der Waals surface area contributed by atoms with Crippen molar-refractivity contribution in [2.24, 2.45) is 0 Å². The van der Waals surface area contributed by atoms with Crippen molar-refractivity contribution in [1.82, 2.24) is 14.2 Å². The first-order valence-electron chi connectivity index (χ1n) is 11.5. The summed E-state index contributed by atoms with van der Waals surface area (Å²) in [5.41, 5.74) is 2.02.